The van der Waals surface area contributed by atoms with Crippen molar-refractivity contribution in [2.45, 2.75) is 13.0 Å². The molecule has 0 heterocycles. The number of aliphatic hydroxyl groups is 1. The van der Waals surface area contributed by atoms with Gasteiger partial charge in [-0.15, -0.1) is 0 Å². The summed E-state index contributed by atoms with van der Waals surface area (Å²) < 4.78 is 0. The molecule has 0 bridgehead atoms. The van der Waals surface area contributed by atoms with Gasteiger partial charge in [0, 0.05) is 17.2 Å². The summed E-state index contributed by atoms with van der Waals surface area (Å²) in [4.78, 5) is 0. The Morgan fingerprint density at radius 2 is 0.850 bits per heavy atom. The van der Waals surface area contributed by atoms with E-state index in [9.17, 15) is 5.11 Å². The molecule has 40 heavy (non-hydrogen) atoms. The van der Waals surface area contributed by atoms with Gasteiger partial charge >= 0.3 is 17.1 Å². The summed E-state index contributed by atoms with van der Waals surface area (Å²) in [6, 6.07) is 42.7. The van der Waals surface area contributed by atoms with Crippen molar-refractivity contribution >= 4 is 37.1 Å². The van der Waals surface area contributed by atoms with Crippen LogP contribution in [-0.2, 0) is 17.1 Å². The molecule has 198 valence electrons. The van der Waals surface area contributed by atoms with E-state index in [0.717, 1.165) is 5.92 Å². The molecule has 4 aromatic rings. The predicted octanol–water partition coefficient (Wildman–Crippen LogP) is 6.71. The molecule has 4 aromatic carbocycles. The summed E-state index contributed by atoms with van der Waals surface area (Å²) in [6.45, 7) is 1.84. The zero-order valence-electron chi connectivity index (χ0n) is 22.4. The molecule has 1 N–H and O–H groups in total. The number of hydrogen-bond donors (Lipinski definition) is 1. The molecule has 0 aliphatic heterocycles. The first kappa shape index (κ1) is 31.2. The minimum Gasteiger partial charge on any atom is -0.393 e. The van der Waals surface area contributed by atoms with Gasteiger partial charge in [0.15, 0.2) is 0 Å². The number of aliphatic hydroxyl groups excluding tert-OH is 1. The summed E-state index contributed by atoms with van der Waals surface area (Å²) in [5, 5.41) is 15.5. The Kier molecular flexibility index (Phi) is 12.5. The van der Waals surface area contributed by atoms with Crippen LogP contribution in [0.5, 0.6) is 0 Å². The van der Waals surface area contributed by atoms with Gasteiger partial charge in [0.25, 0.3) is 0 Å². The molecule has 1 nitrogen and oxygen atoms in total. The first-order valence-electron chi connectivity index (χ1n) is 13.2. The van der Waals surface area contributed by atoms with Crippen molar-refractivity contribution in [1.82, 2.24) is 0 Å². The monoisotopic (exact) mass is 598 g/mol. The van der Waals surface area contributed by atoms with E-state index in [0.29, 0.717) is 0 Å². The second-order valence-corrected chi connectivity index (χ2v) is 13.6. The van der Waals surface area contributed by atoms with Crippen LogP contribution in [0.15, 0.2) is 121 Å². The molecular formula is C36H32FeOP2+2. The van der Waals surface area contributed by atoms with E-state index in [4.69, 9.17) is 0 Å². The molecule has 0 spiro atoms. The zero-order chi connectivity index (χ0) is 26.9. The molecule has 0 aromatic heterocycles. The average Bonchev–Trinajstić information content (AvgIpc) is 3.70. The molecule has 0 unspecified atom stereocenters. The van der Waals surface area contributed by atoms with Gasteiger partial charge in [-0.1, -0.05) is 121 Å². The SMILES string of the molecule is C[C@@H](O)[C]1[CH][CH][CH][C]1P(c1ccccc1)c1ccccc1.[CH]1[CH][CH][C](P(c2ccccc2)c2ccccc2)[CH]1.[Fe+2]. The number of rotatable bonds is 7. The molecule has 6 rings (SSSR count). The van der Waals surface area contributed by atoms with Gasteiger partial charge in [-0.2, -0.15) is 0 Å². The summed E-state index contributed by atoms with van der Waals surface area (Å²) in [6.07, 6.45) is 14.5. The van der Waals surface area contributed by atoms with E-state index in [1.54, 1.807) is 0 Å². The molecule has 2 aliphatic carbocycles. The van der Waals surface area contributed by atoms with Crippen molar-refractivity contribution in [2.24, 2.45) is 0 Å². The van der Waals surface area contributed by atoms with Crippen LogP contribution in [0.4, 0.5) is 0 Å². The van der Waals surface area contributed by atoms with E-state index >= 15 is 0 Å². The Bertz CT molecular complexity index is 1150. The molecule has 2 saturated carbocycles. The Balaban J connectivity index is 0.000000182. The maximum Gasteiger partial charge on any atom is 2.00 e. The van der Waals surface area contributed by atoms with Crippen LogP contribution in [0.25, 0.3) is 0 Å². The first-order valence-corrected chi connectivity index (χ1v) is 15.9. The third-order valence-corrected chi connectivity index (χ3v) is 11.4. The van der Waals surface area contributed by atoms with E-state index in [-0.39, 0.29) is 17.1 Å². The molecule has 2 fully saturated rings. The molecule has 2 aliphatic rings. The summed E-state index contributed by atoms with van der Waals surface area (Å²) in [5.41, 5.74) is 2.67. The van der Waals surface area contributed by atoms with Crippen LogP contribution >= 0.6 is 15.8 Å². The van der Waals surface area contributed by atoms with Crippen molar-refractivity contribution in [3.05, 3.63) is 184 Å². The van der Waals surface area contributed by atoms with Gasteiger partial charge in [0.05, 0.1) is 6.10 Å². The molecular weight excluding hydrogens is 566 g/mol. The predicted molar refractivity (Wildman–Crippen MR) is 170 cm³/mol. The van der Waals surface area contributed by atoms with Crippen LogP contribution in [-0.4, -0.2) is 11.2 Å². The van der Waals surface area contributed by atoms with E-state index in [1.165, 1.54) is 32.5 Å². The van der Waals surface area contributed by atoms with Crippen molar-refractivity contribution < 1.29 is 22.2 Å². The molecule has 0 amide bonds. The van der Waals surface area contributed by atoms with Crippen molar-refractivity contribution in [3.8, 4) is 0 Å². The van der Waals surface area contributed by atoms with Crippen LogP contribution < -0.4 is 21.2 Å². The Labute approximate surface area is 254 Å². The quantitative estimate of drug-likeness (QED) is 0.185. The second kappa shape index (κ2) is 16.0. The maximum absolute atomic E-state index is 10.0. The maximum atomic E-state index is 10.0. The summed E-state index contributed by atoms with van der Waals surface area (Å²) in [5.74, 6) is 1.04. The van der Waals surface area contributed by atoms with Gasteiger partial charge in [-0.25, -0.2) is 0 Å². The average molecular weight is 598 g/mol. The van der Waals surface area contributed by atoms with Crippen LogP contribution in [0.1, 0.15) is 6.92 Å². The van der Waals surface area contributed by atoms with Crippen LogP contribution in [0.3, 0.4) is 0 Å². The number of benzene rings is 4. The number of hydrogen-bond acceptors (Lipinski definition) is 1. The smallest absolute Gasteiger partial charge is 0.393 e. The van der Waals surface area contributed by atoms with Gasteiger partial charge < -0.3 is 5.11 Å². The Morgan fingerprint density at radius 3 is 1.23 bits per heavy atom. The summed E-state index contributed by atoms with van der Waals surface area (Å²) >= 11 is 0. The largest absolute Gasteiger partial charge is 2.00 e. The summed E-state index contributed by atoms with van der Waals surface area (Å²) in [7, 11) is -1.03. The van der Waals surface area contributed by atoms with Crippen LogP contribution in [0, 0.1) is 62.2 Å². The second-order valence-electron chi connectivity index (χ2n) is 9.20. The molecule has 0 saturated heterocycles. The van der Waals surface area contributed by atoms with Crippen molar-refractivity contribution in [1.29, 1.82) is 0 Å². The van der Waals surface area contributed by atoms with Crippen molar-refractivity contribution in [3.63, 3.8) is 0 Å². The van der Waals surface area contributed by atoms with Gasteiger partial charge in [0.1, 0.15) is 0 Å². The fourth-order valence-corrected chi connectivity index (χ4v) is 9.53. The van der Waals surface area contributed by atoms with Gasteiger partial charge in [-0.3, -0.25) is 0 Å². The van der Waals surface area contributed by atoms with Gasteiger partial charge in [0.2, 0.25) is 0 Å². The Hall–Kier alpha value is -1.78. The standard InChI is InChI=1S/C19H18OP.C17H14P.Fe/c1-15(20)18-13-8-14-19(18)21(16-9-4-2-5-10-16)17-11-6-3-7-12-17;1-3-9-15(10-4-1)18(17-13-7-8-14-17)16-11-5-2-6-12-16;/h2-15,20H,1H3;1-14H;/q;;+2/t15-;;/m1../s1. The fourth-order valence-electron chi connectivity index (χ4n) is 4.68. The molecule has 4 heteroatoms. The van der Waals surface area contributed by atoms with Gasteiger partial charge in [-0.05, 0) is 88.9 Å². The zero-order valence-corrected chi connectivity index (χ0v) is 25.3. The van der Waals surface area contributed by atoms with Crippen molar-refractivity contribution in [2.75, 3.05) is 0 Å². The molecule has 10 radical (unpaired) electrons. The first-order chi connectivity index (χ1) is 19.2. The molecule has 1 atom stereocenters. The van der Waals surface area contributed by atoms with E-state index in [1.807, 2.05) is 31.9 Å². The Morgan fingerprint density at radius 1 is 0.475 bits per heavy atom. The minimum atomic E-state index is -0.622. The topological polar surface area (TPSA) is 20.2 Å². The fraction of sp³-hybridized carbons (Fsp3) is 0.0556. The normalized spacial score (nSPS) is 16.9. The van der Waals surface area contributed by atoms with E-state index in [2.05, 4.69) is 141 Å². The third kappa shape index (κ3) is 7.94. The van der Waals surface area contributed by atoms with E-state index < -0.39 is 21.9 Å². The van der Waals surface area contributed by atoms with Crippen LogP contribution in [0.2, 0.25) is 0 Å². The minimum absolute atomic E-state index is 0. The third-order valence-electron chi connectivity index (χ3n) is 6.48.